The maximum atomic E-state index is 11.8. The summed E-state index contributed by atoms with van der Waals surface area (Å²) in [5.74, 6) is 0.381. The van der Waals surface area contributed by atoms with Gasteiger partial charge in [0.25, 0.3) is 5.56 Å². The van der Waals surface area contributed by atoms with Crippen LogP contribution in [0.4, 0.5) is 0 Å². The SMILES string of the molecule is CCCCCn1cc(Br)nc(CS)c1=O. The van der Waals surface area contributed by atoms with Crippen molar-refractivity contribution in [2.24, 2.45) is 0 Å². The predicted molar refractivity (Wildman–Crippen MR) is 68.4 cm³/mol. The van der Waals surface area contributed by atoms with E-state index in [-0.39, 0.29) is 5.56 Å². The minimum absolute atomic E-state index is 0.0238. The first kappa shape index (κ1) is 12.8. The van der Waals surface area contributed by atoms with Gasteiger partial charge in [-0.05, 0) is 22.4 Å². The molecule has 0 radical (unpaired) electrons. The maximum Gasteiger partial charge on any atom is 0.273 e. The highest BCUT2D eigenvalue weighted by Crippen LogP contribution is 2.06. The Morgan fingerprint density at radius 1 is 1.53 bits per heavy atom. The molecule has 0 fully saturated rings. The molecule has 0 aromatic carbocycles. The van der Waals surface area contributed by atoms with Crippen LogP contribution in [0.25, 0.3) is 0 Å². The molecule has 15 heavy (non-hydrogen) atoms. The quantitative estimate of drug-likeness (QED) is 0.668. The van der Waals surface area contributed by atoms with Crippen molar-refractivity contribution in [3.63, 3.8) is 0 Å². The van der Waals surface area contributed by atoms with Gasteiger partial charge < -0.3 is 4.57 Å². The second-order valence-electron chi connectivity index (χ2n) is 3.37. The van der Waals surface area contributed by atoms with E-state index < -0.39 is 0 Å². The Bertz CT molecular complexity index is 378. The van der Waals surface area contributed by atoms with Gasteiger partial charge in [-0.25, -0.2) is 4.98 Å². The van der Waals surface area contributed by atoms with Crippen LogP contribution in [0.2, 0.25) is 0 Å². The molecule has 3 nitrogen and oxygen atoms in total. The molecule has 5 heteroatoms. The standard InChI is InChI=1S/C10H15BrN2OS/c1-2-3-4-5-13-6-9(11)12-8(7-15)10(13)14/h6,15H,2-5,7H2,1H3. The lowest BCUT2D eigenvalue weighted by Gasteiger charge is -2.07. The second kappa shape index (κ2) is 6.33. The number of thiol groups is 1. The summed E-state index contributed by atoms with van der Waals surface area (Å²) < 4.78 is 2.40. The Morgan fingerprint density at radius 3 is 2.87 bits per heavy atom. The van der Waals surface area contributed by atoms with Gasteiger partial charge in [0, 0.05) is 18.5 Å². The number of rotatable bonds is 5. The van der Waals surface area contributed by atoms with Crippen LogP contribution in [-0.4, -0.2) is 9.55 Å². The summed E-state index contributed by atoms with van der Waals surface area (Å²) in [5, 5.41) is 0. The van der Waals surface area contributed by atoms with E-state index in [1.165, 1.54) is 0 Å². The average Bonchev–Trinajstić information content (AvgIpc) is 2.23. The van der Waals surface area contributed by atoms with Crippen molar-refractivity contribution in [3.05, 3.63) is 26.8 Å². The summed E-state index contributed by atoms with van der Waals surface area (Å²) in [7, 11) is 0. The Kier molecular flexibility index (Phi) is 5.39. The van der Waals surface area contributed by atoms with Crippen LogP contribution in [-0.2, 0) is 12.3 Å². The van der Waals surface area contributed by atoms with Crippen molar-refractivity contribution < 1.29 is 0 Å². The lowest BCUT2D eigenvalue weighted by molar-refractivity contribution is 0.579. The topological polar surface area (TPSA) is 34.9 Å². The van der Waals surface area contributed by atoms with Crippen molar-refractivity contribution in [1.82, 2.24) is 9.55 Å². The molecule has 0 aliphatic carbocycles. The number of aryl methyl sites for hydroxylation is 1. The molecule has 0 bridgehead atoms. The summed E-state index contributed by atoms with van der Waals surface area (Å²) in [6.07, 6.45) is 5.06. The van der Waals surface area contributed by atoms with Crippen LogP contribution in [0.3, 0.4) is 0 Å². The molecule has 84 valence electrons. The Morgan fingerprint density at radius 2 is 2.27 bits per heavy atom. The first-order chi connectivity index (χ1) is 7.19. The van der Waals surface area contributed by atoms with Gasteiger partial charge in [-0.15, -0.1) is 0 Å². The van der Waals surface area contributed by atoms with Gasteiger partial charge in [-0.3, -0.25) is 4.79 Å². The summed E-state index contributed by atoms with van der Waals surface area (Å²) in [6.45, 7) is 2.90. The van der Waals surface area contributed by atoms with Crippen molar-refractivity contribution >= 4 is 28.6 Å². The van der Waals surface area contributed by atoms with Crippen molar-refractivity contribution in [2.45, 2.75) is 38.5 Å². The average molecular weight is 291 g/mol. The lowest BCUT2D eigenvalue weighted by Crippen LogP contribution is -2.24. The summed E-state index contributed by atoms with van der Waals surface area (Å²) in [5.41, 5.74) is 0.480. The normalized spacial score (nSPS) is 10.6. The predicted octanol–water partition coefficient (Wildman–Crippen LogP) is 2.63. The van der Waals surface area contributed by atoms with Gasteiger partial charge in [0.05, 0.1) is 0 Å². The third-order valence-corrected chi connectivity index (χ3v) is 2.85. The van der Waals surface area contributed by atoms with E-state index in [2.05, 4.69) is 40.5 Å². The zero-order valence-corrected chi connectivity index (χ0v) is 11.2. The van der Waals surface area contributed by atoms with E-state index >= 15 is 0 Å². The molecule has 0 saturated heterocycles. The molecule has 0 N–H and O–H groups in total. The van der Waals surface area contributed by atoms with Crippen LogP contribution >= 0.6 is 28.6 Å². The molecule has 0 aliphatic rings. The van der Waals surface area contributed by atoms with Crippen LogP contribution in [0, 0.1) is 0 Å². The zero-order valence-electron chi connectivity index (χ0n) is 8.74. The van der Waals surface area contributed by atoms with Crippen LogP contribution in [0.15, 0.2) is 15.6 Å². The fraction of sp³-hybridized carbons (Fsp3) is 0.600. The summed E-state index contributed by atoms with van der Waals surface area (Å²) in [4.78, 5) is 15.9. The summed E-state index contributed by atoms with van der Waals surface area (Å²) in [6, 6.07) is 0. The molecule has 0 spiro atoms. The molecule has 0 saturated carbocycles. The van der Waals surface area contributed by atoms with Crippen LogP contribution in [0.1, 0.15) is 31.9 Å². The monoisotopic (exact) mass is 290 g/mol. The number of unbranched alkanes of at least 4 members (excludes halogenated alkanes) is 2. The van der Waals surface area contributed by atoms with Gasteiger partial charge in [-0.1, -0.05) is 19.8 Å². The number of nitrogens with zero attached hydrogens (tertiary/aromatic N) is 2. The Labute approximate surface area is 103 Å². The van der Waals surface area contributed by atoms with Gasteiger partial charge in [-0.2, -0.15) is 12.6 Å². The molecule has 1 aromatic rings. The smallest absolute Gasteiger partial charge is 0.273 e. The minimum Gasteiger partial charge on any atom is -0.311 e. The molecular formula is C10H15BrN2OS. The van der Waals surface area contributed by atoms with E-state index in [1.54, 1.807) is 10.8 Å². The molecule has 0 amide bonds. The second-order valence-corrected chi connectivity index (χ2v) is 4.50. The van der Waals surface area contributed by atoms with E-state index in [0.29, 0.717) is 16.0 Å². The van der Waals surface area contributed by atoms with Crippen LogP contribution < -0.4 is 5.56 Å². The first-order valence-electron chi connectivity index (χ1n) is 5.05. The number of halogens is 1. The summed E-state index contributed by atoms with van der Waals surface area (Å²) >= 11 is 7.38. The van der Waals surface area contributed by atoms with Gasteiger partial charge >= 0.3 is 0 Å². The number of aromatic nitrogens is 2. The van der Waals surface area contributed by atoms with E-state index in [9.17, 15) is 4.79 Å². The van der Waals surface area contributed by atoms with Gasteiger partial charge in [0.1, 0.15) is 10.3 Å². The third-order valence-electron chi connectivity index (χ3n) is 2.16. The zero-order chi connectivity index (χ0) is 11.3. The molecule has 0 atom stereocenters. The van der Waals surface area contributed by atoms with E-state index in [0.717, 1.165) is 25.8 Å². The molecular weight excluding hydrogens is 276 g/mol. The van der Waals surface area contributed by atoms with Crippen molar-refractivity contribution in [1.29, 1.82) is 0 Å². The van der Waals surface area contributed by atoms with Gasteiger partial charge in [0.15, 0.2) is 0 Å². The Hall–Kier alpha value is -0.290. The molecule has 1 rings (SSSR count). The highest BCUT2D eigenvalue weighted by atomic mass is 79.9. The Balaban J connectivity index is 2.87. The van der Waals surface area contributed by atoms with Crippen molar-refractivity contribution in [2.75, 3.05) is 0 Å². The van der Waals surface area contributed by atoms with E-state index in [1.807, 2.05) is 0 Å². The lowest BCUT2D eigenvalue weighted by atomic mass is 10.2. The first-order valence-corrected chi connectivity index (χ1v) is 6.48. The van der Waals surface area contributed by atoms with E-state index in [4.69, 9.17) is 0 Å². The highest BCUT2D eigenvalue weighted by molar-refractivity contribution is 9.10. The van der Waals surface area contributed by atoms with Crippen LogP contribution in [0.5, 0.6) is 0 Å². The molecule has 0 aliphatic heterocycles. The molecule has 0 unspecified atom stereocenters. The van der Waals surface area contributed by atoms with Crippen molar-refractivity contribution in [3.8, 4) is 0 Å². The molecule has 1 aromatic heterocycles. The fourth-order valence-electron chi connectivity index (χ4n) is 1.36. The maximum absolute atomic E-state index is 11.8. The number of hydrogen-bond donors (Lipinski definition) is 1. The largest absolute Gasteiger partial charge is 0.311 e. The minimum atomic E-state index is -0.0238. The highest BCUT2D eigenvalue weighted by Gasteiger charge is 2.05. The van der Waals surface area contributed by atoms with Gasteiger partial charge in [0.2, 0.25) is 0 Å². The fourth-order valence-corrected chi connectivity index (χ4v) is 2.03. The number of hydrogen-bond acceptors (Lipinski definition) is 3. The third kappa shape index (κ3) is 3.65. The molecule has 1 heterocycles.